The predicted molar refractivity (Wildman–Crippen MR) is 193 cm³/mol. The molecule has 2 aliphatic rings. The van der Waals surface area contributed by atoms with Crippen molar-refractivity contribution in [3.05, 3.63) is 162 Å². The van der Waals surface area contributed by atoms with Crippen molar-refractivity contribution in [3.8, 4) is 0 Å². The number of aromatic nitrogens is 2. The number of anilines is 1. The summed E-state index contributed by atoms with van der Waals surface area (Å²) in [5.74, 6) is 1.000. The van der Waals surface area contributed by atoms with Crippen LogP contribution in [0, 0.1) is 0 Å². The molecule has 2 aromatic heterocycles. The standard InChI is InChI=1S/C42H30N4/c1-2-13-28(14-3-1)41-43-40-30-15-5-4-12-27(30)22-24-34(40)42(44-41)46-38-21-11-8-18-33(38)35-26-29(23-25-39(35)46)45-36-19-9-6-16-31(36)32-17-7-10-20-37(32)45/h1-22,24,26,41,43H,23,25H2. The molecular weight excluding hydrogens is 560 g/mol. The summed E-state index contributed by atoms with van der Waals surface area (Å²) in [7, 11) is 0. The van der Waals surface area contributed by atoms with E-state index in [1.807, 2.05) is 0 Å². The van der Waals surface area contributed by atoms with E-state index in [1.54, 1.807) is 0 Å². The minimum atomic E-state index is -0.196. The Labute approximate surface area is 266 Å². The summed E-state index contributed by atoms with van der Waals surface area (Å²) in [6, 6.07) is 50.1. The third kappa shape index (κ3) is 3.64. The van der Waals surface area contributed by atoms with E-state index >= 15 is 0 Å². The van der Waals surface area contributed by atoms with E-state index in [0.29, 0.717) is 0 Å². The number of allylic oxidation sites excluding steroid dienone is 1. The van der Waals surface area contributed by atoms with Gasteiger partial charge in [0.2, 0.25) is 0 Å². The zero-order valence-corrected chi connectivity index (χ0v) is 25.2. The maximum absolute atomic E-state index is 5.49. The second kappa shape index (κ2) is 9.82. The highest BCUT2D eigenvalue weighted by molar-refractivity contribution is 6.17. The lowest BCUT2D eigenvalue weighted by atomic mass is 9.98. The molecule has 1 aliphatic carbocycles. The van der Waals surface area contributed by atoms with E-state index in [9.17, 15) is 0 Å². The Balaban J connectivity index is 1.23. The highest BCUT2D eigenvalue weighted by atomic mass is 15.2. The van der Waals surface area contributed by atoms with Crippen LogP contribution in [0.25, 0.3) is 55.3 Å². The first-order valence-corrected chi connectivity index (χ1v) is 16.1. The Kier molecular flexibility index (Phi) is 5.43. The van der Waals surface area contributed by atoms with E-state index in [2.05, 4.69) is 160 Å². The zero-order chi connectivity index (χ0) is 30.2. The minimum Gasteiger partial charge on any atom is -0.359 e. The molecule has 8 aromatic rings. The smallest absolute Gasteiger partial charge is 0.147 e. The largest absolute Gasteiger partial charge is 0.359 e. The van der Waals surface area contributed by atoms with Crippen molar-refractivity contribution in [2.45, 2.75) is 19.0 Å². The summed E-state index contributed by atoms with van der Waals surface area (Å²) < 4.78 is 4.93. The first-order valence-electron chi connectivity index (χ1n) is 16.1. The first-order chi connectivity index (χ1) is 22.8. The van der Waals surface area contributed by atoms with Crippen molar-refractivity contribution in [1.29, 1.82) is 0 Å². The molecule has 0 spiro atoms. The quantitative estimate of drug-likeness (QED) is 0.214. The number of hydrogen-bond donors (Lipinski definition) is 1. The summed E-state index contributed by atoms with van der Waals surface area (Å²) in [6.45, 7) is 0. The Morgan fingerprint density at radius 1 is 0.543 bits per heavy atom. The van der Waals surface area contributed by atoms with Gasteiger partial charge in [0.15, 0.2) is 0 Å². The van der Waals surface area contributed by atoms with Gasteiger partial charge in [-0.15, -0.1) is 0 Å². The van der Waals surface area contributed by atoms with Gasteiger partial charge in [-0.1, -0.05) is 115 Å². The minimum absolute atomic E-state index is 0.196. The second-order valence-electron chi connectivity index (χ2n) is 12.3. The number of nitrogens with one attached hydrogen (secondary N) is 1. The molecule has 3 heterocycles. The van der Waals surface area contributed by atoms with Crippen molar-refractivity contribution in [2.75, 3.05) is 5.32 Å². The van der Waals surface area contributed by atoms with Crippen LogP contribution < -0.4 is 5.32 Å². The van der Waals surface area contributed by atoms with E-state index in [0.717, 1.165) is 35.5 Å². The normalized spacial score (nSPS) is 15.9. The lowest BCUT2D eigenvalue weighted by molar-refractivity contribution is 0.809. The fourth-order valence-corrected chi connectivity index (χ4v) is 7.81. The van der Waals surface area contributed by atoms with Gasteiger partial charge in [0, 0.05) is 44.1 Å². The monoisotopic (exact) mass is 590 g/mol. The van der Waals surface area contributed by atoms with E-state index in [-0.39, 0.29) is 6.17 Å². The molecule has 1 unspecified atom stereocenters. The second-order valence-corrected chi connectivity index (χ2v) is 12.3. The lowest BCUT2D eigenvalue weighted by Gasteiger charge is -2.29. The molecular formula is C42H30N4. The summed E-state index contributed by atoms with van der Waals surface area (Å²) in [5, 5.41) is 10.1. The van der Waals surface area contributed by atoms with E-state index in [4.69, 9.17) is 4.99 Å². The summed E-state index contributed by atoms with van der Waals surface area (Å²) in [6.07, 6.45) is 4.10. The molecule has 0 radical (unpaired) electrons. The molecule has 0 saturated heterocycles. The van der Waals surface area contributed by atoms with Crippen LogP contribution in [0.1, 0.15) is 35.0 Å². The Hall–Kier alpha value is -5.87. The molecule has 0 amide bonds. The summed E-state index contributed by atoms with van der Waals surface area (Å²) >= 11 is 0. The molecule has 0 saturated carbocycles. The molecule has 218 valence electrons. The molecule has 6 aromatic carbocycles. The fourth-order valence-electron chi connectivity index (χ4n) is 7.81. The third-order valence-corrected chi connectivity index (χ3v) is 9.84. The fraction of sp³-hybridized carbons (Fsp3) is 0.0714. The molecule has 4 nitrogen and oxygen atoms in total. The van der Waals surface area contributed by atoms with Gasteiger partial charge in [-0.2, -0.15) is 0 Å². The van der Waals surface area contributed by atoms with Crippen LogP contribution in [0.5, 0.6) is 0 Å². The van der Waals surface area contributed by atoms with Gasteiger partial charge >= 0.3 is 0 Å². The number of fused-ring (bicyclic) bond motifs is 9. The number of nitrogens with zero attached hydrogens (tertiary/aromatic N) is 3. The number of aliphatic imine (C=N–C) groups is 1. The van der Waals surface area contributed by atoms with Crippen LogP contribution in [0.15, 0.2) is 145 Å². The molecule has 1 atom stereocenters. The van der Waals surface area contributed by atoms with Crippen molar-refractivity contribution >= 4 is 66.8 Å². The van der Waals surface area contributed by atoms with Crippen molar-refractivity contribution in [3.63, 3.8) is 0 Å². The summed E-state index contributed by atoms with van der Waals surface area (Å²) in [4.78, 5) is 5.49. The Morgan fingerprint density at radius 3 is 1.89 bits per heavy atom. The average Bonchev–Trinajstić information content (AvgIpc) is 3.64. The van der Waals surface area contributed by atoms with Crippen LogP contribution in [-0.4, -0.2) is 15.0 Å². The van der Waals surface area contributed by atoms with Crippen LogP contribution in [-0.2, 0) is 6.42 Å². The molecule has 4 heteroatoms. The van der Waals surface area contributed by atoms with Gasteiger partial charge in [0.05, 0.1) is 22.2 Å². The van der Waals surface area contributed by atoms with Crippen LogP contribution >= 0.6 is 0 Å². The van der Waals surface area contributed by atoms with Gasteiger partial charge in [-0.05, 0) is 54.1 Å². The van der Waals surface area contributed by atoms with Gasteiger partial charge in [0.1, 0.15) is 12.0 Å². The highest BCUT2D eigenvalue weighted by Crippen LogP contribution is 2.42. The number of para-hydroxylation sites is 3. The van der Waals surface area contributed by atoms with Crippen molar-refractivity contribution < 1.29 is 0 Å². The highest BCUT2D eigenvalue weighted by Gasteiger charge is 2.30. The molecule has 10 rings (SSSR count). The maximum atomic E-state index is 5.49. The molecule has 1 N–H and O–H groups in total. The zero-order valence-electron chi connectivity index (χ0n) is 25.2. The first kappa shape index (κ1) is 25.5. The SMILES string of the molecule is C1=C(n2c3ccccc3c3ccccc32)CCc2c1c1ccccc1n2C1=NC(c2ccccc2)Nc2c1ccc1ccccc21. The Bertz CT molecular complexity index is 2510. The van der Waals surface area contributed by atoms with Gasteiger partial charge in [0.25, 0.3) is 0 Å². The molecule has 1 aliphatic heterocycles. The Morgan fingerprint density at radius 2 is 1.15 bits per heavy atom. The topological polar surface area (TPSA) is 34.2 Å². The van der Waals surface area contributed by atoms with Gasteiger partial charge in [-0.25, -0.2) is 4.99 Å². The van der Waals surface area contributed by atoms with Crippen LogP contribution in [0.3, 0.4) is 0 Å². The van der Waals surface area contributed by atoms with Crippen LogP contribution in [0.4, 0.5) is 5.69 Å². The van der Waals surface area contributed by atoms with Gasteiger partial charge < -0.3 is 9.88 Å². The molecule has 0 bridgehead atoms. The summed E-state index contributed by atoms with van der Waals surface area (Å²) in [5.41, 5.74) is 11.1. The average molecular weight is 591 g/mol. The third-order valence-electron chi connectivity index (χ3n) is 9.84. The maximum Gasteiger partial charge on any atom is 0.147 e. The predicted octanol–water partition coefficient (Wildman–Crippen LogP) is 10.3. The van der Waals surface area contributed by atoms with Crippen LogP contribution in [0.2, 0.25) is 0 Å². The van der Waals surface area contributed by atoms with Crippen molar-refractivity contribution in [1.82, 2.24) is 9.13 Å². The van der Waals surface area contributed by atoms with Crippen molar-refractivity contribution in [2.24, 2.45) is 4.99 Å². The number of benzene rings is 6. The lowest BCUT2D eigenvalue weighted by Crippen LogP contribution is -2.26. The molecule has 46 heavy (non-hydrogen) atoms. The number of hydrogen-bond acceptors (Lipinski definition) is 2. The number of rotatable bonds is 2. The van der Waals surface area contributed by atoms with E-state index in [1.165, 1.54) is 60.4 Å². The van der Waals surface area contributed by atoms with Gasteiger partial charge in [-0.3, -0.25) is 4.57 Å². The molecule has 0 fully saturated rings. The van der Waals surface area contributed by atoms with E-state index < -0.39 is 0 Å².